The Kier molecular flexibility index (Phi) is 56.8. The number of hydrogen-bond donors (Lipinski definition) is 0. The molecule has 0 heterocycles. The number of ether oxygens (including phenoxy) is 3. The zero-order valence-electron chi connectivity index (χ0n) is 47.0. The van der Waals surface area contributed by atoms with Crippen LogP contribution in [0.15, 0.2) is 72.9 Å². The molecule has 6 nitrogen and oxygen atoms in total. The fraction of sp³-hybridized carbons (Fsp3) is 0.769. The maximum atomic E-state index is 12.9. The molecule has 0 aromatic heterocycles. The number of hydrogen-bond acceptors (Lipinski definition) is 6. The van der Waals surface area contributed by atoms with E-state index in [1.54, 1.807) is 0 Å². The Morgan fingerprint density at radius 3 is 0.845 bits per heavy atom. The molecular formula is C65H114O6. The Bertz CT molecular complexity index is 1320. The second kappa shape index (κ2) is 59.4. The summed E-state index contributed by atoms with van der Waals surface area (Å²) in [6.45, 7) is 6.59. The third-order valence-corrected chi connectivity index (χ3v) is 13.2. The lowest BCUT2D eigenvalue weighted by Crippen LogP contribution is -2.30. The molecule has 0 rings (SSSR count). The van der Waals surface area contributed by atoms with Crippen molar-refractivity contribution in [2.75, 3.05) is 13.2 Å². The van der Waals surface area contributed by atoms with E-state index < -0.39 is 6.10 Å². The molecule has 71 heavy (non-hydrogen) atoms. The highest BCUT2D eigenvalue weighted by atomic mass is 16.6. The van der Waals surface area contributed by atoms with Gasteiger partial charge in [0.15, 0.2) is 6.10 Å². The molecule has 0 bridgehead atoms. The highest BCUT2D eigenvalue weighted by Gasteiger charge is 2.19. The van der Waals surface area contributed by atoms with Gasteiger partial charge in [0, 0.05) is 19.3 Å². The van der Waals surface area contributed by atoms with Crippen molar-refractivity contribution in [3.63, 3.8) is 0 Å². The predicted molar refractivity (Wildman–Crippen MR) is 307 cm³/mol. The maximum absolute atomic E-state index is 12.9. The third kappa shape index (κ3) is 57.6. The topological polar surface area (TPSA) is 78.9 Å². The van der Waals surface area contributed by atoms with Crippen LogP contribution in [-0.2, 0) is 28.6 Å². The summed E-state index contributed by atoms with van der Waals surface area (Å²) in [5.41, 5.74) is 0. The van der Waals surface area contributed by atoms with Gasteiger partial charge in [-0.1, -0.05) is 241 Å². The first-order chi connectivity index (χ1) is 35.0. The Hall–Kier alpha value is -3.15. The van der Waals surface area contributed by atoms with Gasteiger partial charge in [-0.3, -0.25) is 14.4 Å². The van der Waals surface area contributed by atoms with E-state index in [2.05, 4.69) is 93.7 Å². The van der Waals surface area contributed by atoms with Gasteiger partial charge in [0.2, 0.25) is 0 Å². The van der Waals surface area contributed by atoms with E-state index in [9.17, 15) is 14.4 Å². The van der Waals surface area contributed by atoms with Gasteiger partial charge in [0.25, 0.3) is 0 Å². The van der Waals surface area contributed by atoms with Crippen molar-refractivity contribution in [1.29, 1.82) is 0 Å². The fourth-order valence-corrected chi connectivity index (χ4v) is 8.53. The largest absolute Gasteiger partial charge is 0.462 e. The number of allylic oxidation sites excluding steroid dienone is 12. The molecule has 0 aromatic carbocycles. The van der Waals surface area contributed by atoms with Crippen LogP contribution in [0, 0.1) is 0 Å². The first kappa shape index (κ1) is 67.8. The molecule has 0 aliphatic rings. The summed E-state index contributed by atoms with van der Waals surface area (Å²) in [5, 5.41) is 0. The van der Waals surface area contributed by atoms with E-state index in [-0.39, 0.29) is 31.1 Å². The number of carbonyl (C=O) groups is 3. The summed E-state index contributed by atoms with van der Waals surface area (Å²) in [5.74, 6) is -0.900. The van der Waals surface area contributed by atoms with E-state index in [0.717, 1.165) is 89.9 Å². The van der Waals surface area contributed by atoms with E-state index in [4.69, 9.17) is 14.2 Å². The first-order valence-electron chi connectivity index (χ1n) is 30.4. The summed E-state index contributed by atoms with van der Waals surface area (Å²) in [4.78, 5) is 38.2. The van der Waals surface area contributed by atoms with Crippen LogP contribution in [0.3, 0.4) is 0 Å². The van der Waals surface area contributed by atoms with Crippen LogP contribution in [0.1, 0.15) is 303 Å². The Morgan fingerprint density at radius 1 is 0.282 bits per heavy atom. The van der Waals surface area contributed by atoms with Gasteiger partial charge in [-0.05, 0) is 116 Å². The van der Waals surface area contributed by atoms with Gasteiger partial charge < -0.3 is 14.2 Å². The summed E-state index contributed by atoms with van der Waals surface area (Å²) < 4.78 is 16.9. The number of esters is 3. The van der Waals surface area contributed by atoms with Crippen LogP contribution >= 0.6 is 0 Å². The van der Waals surface area contributed by atoms with Gasteiger partial charge in [0.1, 0.15) is 13.2 Å². The molecule has 0 fully saturated rings. The molecule has 1 unspecified atom stereocenters. The van der Waals surface area contributed by atoms with Crippen molar-refractivity contribution in [2.45, 2.75) is 309 Å². The number of unbranched alkanes of at least 4 members (excludes halogenated alkanes) is 32. The predicted octanol–water partition coefficient (Wildman–Crippen LogP) is 20.5. The molecule has 0 radical (unpaired) electrons. The molecule has 1 atom stereocenters. The first-order valence-corrected chi connectivity index (χ1v) is 30.4. The molecule has 0 aliphatic heterocycles. The molecule has 0 aliphatic carbocycles. The summed E-state index contributed by atoms with van der Waals surface area (Å²) in [6.07, 6.45) is 76.0. The van der Waals surface area contributed by atoms with Gasteiger partial charge >= 0.3 is 17.9 Å². The smallest absolute Gasteiger partial charge is 0.306 e. The lowest BCUT2D eigenvalue weighted by atomic mass is 10.1. The normalized spacial score (nSPS) is 12.5. The van der Waals surface area contributed by atoms with Crippen molar-refractivity contribution in [3.05, 3.63) is 72.9 Å². The molecule has 410 valence electrons. The number of rotatable bonds is 55. The van der Waals surface area contributed by atoms with Crippen LogP contribution in [0.2, 0.25) is 0 Å². The Balaban J connectivity index is 4.38. The second-order valence-electron chi connectivity index (χ2n) is 20.2. The van der Waals surface area contributed by atoms with Crippen molar-refractivity contribution in [1.82, 2.24) is 0 Å². The van der Waals surface area contributed by atoms with E-state index >= 15 is 0 Å². The molecule has 0 saturated carbocycles. The summed E-state index contributed by atoms with van der Waals surface area (Å²) in [6, 6.07) is 0. The van der Waals surface area contributed by atoms with Gasteiger partial charge in [-0.15, -0.1) is 0 Å². The zero-order valence-corrected chi connectivity index (χ0v) is 47.0. The molecule has 0 N–H and O–H groups in total. The number of carbonyl (C=O) groups excluding carboxylic acids is 3. The van der Waals surface area contributed by atoms with Crippen LogP contribution < -0.4 is 0 Å². The van der Waals surface area contributed by atoms with E-state index in [1.165, 1.54) is 173 Å². The average molecular weight is 992 g/mol. The zero-order chi connectivity index (χ0) is 51.4. The van der Waals surface area contributed by atoms with Gasteiger partial charge in [-0.25, -0.2) is 0 Å². The molecule has 6 heteroatoms. The third-order valence-electron chi connectivity index (χ3n) is 13.2. The molecular weight excluding hydrogens is 877 g/mol. The van der Waals surface area contributed by atoms with Crippen LogP contribution in [0.5, 0.6) is 0 Å². The lowest BCUT2D eigenvalue weighted by Gasteiger charge is -2.18. The van der Waals surface area contributed by atoms with Crippen molar-refractivity contribution in [2.24, 2.45) is 0 Å². The van der Waals surface area contributed by atoms with Crippen LogP contribution in [0.25, 0.3) is 0 Å². The van der Waals surface area contributed by atoms with Crippen molar-refractivity contribution >= 4 is 17.9 Å². The minimum Gasteiger partial charge on any atom is -0.462 e. The summed E-state index contributed by atoms with van der Waals surface area (Å²) >= 11 is 0. The minimum absolute atomic E-state index is 0.0850. The van der Waals surface area contributed by atoms with Crippen LogP contribution in [-0.4, -0.2) is 37.2 Å². The fourth-order valence-electron chi connectivity index (χ4n) is 8.53. The van der Waals surface area contributed by atoms with Crippen molar-refractivity contribution < 1.29 is 28.6 Å². The molecule has 0 aromatic rings. The monoisotopic (exact) mass is 991 g/mol. The van der Waals surface area contributed by atoms with Crippen molar-refractivity contribution in [3.8, 4) is 0 Å². The molecule has 0 amide bonds. The highest BCUT2D eigenvalue weighted by Crippen LogP contribution is 2.15. The Morgan fingerprint density at radius 2 is 0.507 bits per heavy atom. The highest BCUT2D eigenvalue weighted by molar-refractivity contribution is 5.71. The van der Waals surface area contributed by atoms with E-state index in [0.29, 0.717) is 19.3 Å². The van der Waals surface area contributed by atoms with Gasteiger partial charge in [0.05, 0.1) is 0 Å². The SMILES string of the molecule is CCCCC/C=C\C/C=C\CCCCCCCCCCCC(=O)OC(COC(=O)CCCCCCC/C=C\CCCCCC)COC(=O)CCCCCCCC/C=C\C/C=C\C/C=C\CCCCCCC. The molecule has 0 spiro atoms. The van der Waals surface area contributed by atoms with E-state index in [1.807, 2.05) is 0 Å². The molecule has 0 saturated heterocycles. The average Bonchev–Trinajstić information content (AvgIpc) is 3.37. The second-order valence-corrected chi connectivity index (χ2v) is 20.2. The standard InChI is InChI=1S/C65H114O6/c1-4-7-10-13-16-19-22-25-27-29-31-32-34-35-37-40-43-46-49-52-55-58-64(67)70-61-62(60-69-63(66)57-54-51-48-45-42-39-24-21-18-15-12-9-6-3)71-65(68)59-56-53-50-47-44-41-38-36-33-30-28-26-23-20-17-14-11-8-5-2/h17,20-22,24-26,28-29,31,34-35,62H,4-16,18-19,23,27,30,32-33,36-61H2,1-3H3/b20-17-,24-21-,25-22-,28-26-,31-29-,35-34-. The van der Waals surface area contributed by atoms with Crippen LogP contribution in [0.4, 0.5) is 0 Å². The maximum Gasteiger partial charge on any atom is 0.306 e. The van der Waals surface area contributed by atoms with Gasteiger partial charge in [-0.2, -0.15) is 0 Å². The quantitative estimate of drug-likeness (QED) is 0.0261. The summed E-state index contributed by atoms with van der Waals surface area (Å²) in [7, 11) is 0. The Labute approximate surface area is 440 Å². The lowest BCUT2D eigenvalue weighted by molar-refractivity contribution is -0.167. The minimum atomic E-state index is -0.787.